The number of aryl methyl sites for hydroxylation is 1. The lowest BCUT2D eigenvalue weighted by atomic mass is 10.1. The van der Waals surface area contributed by atoms with Crippen LogP contribution < -0.4 is 0 Å². The van der Waals surface area contributed by atoms with Crippen LogP contribution in [0.15, 0.2) is 30.3 Å². The normalized spacial score (nSPS) is 10.3. The number of esters is 3. The van der Waals surface area contributed by atoms with Crippen LogP contribution in [0.1, 0.15) is 49.4 Å². The molecule has 0 spiro atoms. The molecule has 0 saturated heterocycles. The molecule has 1 aromatic carbocycles. The fourth-order valence-corrected chi connectivity index (χ4v) is 2.46. The van der Waals surface area contributed by atoms with Gasteiger partial charge in [-0.3, -0.25) is 0 Å². The molecule has 0 atom stereocenters. The Morgan fingerprint density at radius 2 is 1.50 bits per heavy atom. The first-order valence-electron chi connectivity index (χ1n) is 8.21. The first-order valence-corrected chi connectivity index (χ1v) is 8.21. The zero-order valence-electron chi connectivity index (χ0n) is 15.0. The fourth-order valence-electron chi connectivity index (χ4n) is 2.46. The summed E-state index contributed by atoms with van der Waals surface area (Å²) in [7, 11) is 0. The van der Waals surface area contributed by atoms with Gasteiger partial charge in [-0.1, -0.05) is 18.2 Å². The molecule has 0 amide bonds. The lowest BCUT2D eigenvalue weighted by Crippen LogP contribution is -2.15. The van der Waals surface area contributed by atoms with E-state index in [1.807, 2.05) is 0 Å². The minimum Gasteiger partial charge on any atom is -0.462 e. The molecule has 1 heterocycles. The molecule has 0 saturated carbocycles. The Bertz CT molecular complexity index is 794. The van der Waals surface area contributed by atoms with Gasteiger partial charge in [-0.05, 0) is 38.5 Å². The maximum atomic E-state index is 12.2. The topological polar surface area (TPSA) is 94.7 Å². The van der Waals surface area contributed by atoms with E-state index in [2.05, 4.69) is 4.98 Å². The van der Waals surface area contributed by atoms with Gasteiger partial charge in [-0.25, -0.2) is 14.4 Å². The van der Waals surface area contributed by atoms with E-state index in [0.29, 0.717) is 22.4 Å². The number of aromatic nitrogens is 1. The predicted octanol–water partition coefficient (Wildman–Crippen LogP) is 2.82. The second kappa shape index (κ2) is 8.84. The summed E-state index contributed by atoms with van der Waals surface area (Å²) in [5, 5.41) is 0. The number of hydrogen-bond donors (Lipinski definition) is 1. The lowest BCUT2D eigenvalue weighted by Gasteiger charge is -2.06. The molecule has 0 bridgehead atoms. The van der Waals surface area contributed by atoms with Crippen molar-refractivity contribution in [2.75, 3.05) is 19.8 Å². The van der Waals surface area contributed by atoms with Crippen molar-refractivity contribution in [2.45, 2.75) is 20.8 Å². The van der Waals surface area contributed by atoms with E-state index in [1.165, 1.54) is 0 Å². The molecule has 2 aromatic rings. The van der Waals surface area contributed by atoms with Crippen molar-refractivity contribution in [2.24, 2.45) is 0 Å². The van der Waals surface area contributed by atoms with E-state index in [-0.39, 0.29) is 25.5 Å². The Labute approximate surface area is 151 Å². The molecule has 1 N–H and O–H groups in total. The van der Waals surface area contributed by atoms with Crippen molar-refractivity contribution in [3.63, 3.8) is 0 Å². The maximum Gasteiger partial charge on any atom is 0.355 e. The van der Waals surface area contributed by atoms with E-state index in [0.717, 1.165) is 0 Å². The zero-order chi connectivity index (χ0) is 19.1. The third kappa shape index (κ3) is 4.50. The lowest BCUT2D eigenvalue weighted by molar-refractivity contribution is 0.0262. The number of H-pyrrole nitrogens is 1. The number of benzene rings is 1. The SMILES string of the molecule is CCOC(=O)c1c(C)[nH]c(C(=O)OCCOC(=O)c2ccccc2)c1C. The standard InChI is InChI=1S/C19H21NO6/c1-4-24-18(22)15-12(2)16(20-13(15)3)19(23)26-11-10-25-17(21)14-8-6-5-7-9-14/h5-9,20H,4,10-11H2,1-3H3. The van der Waals surface area contributed by atoms with Crippen molar-refractivity contribution in [1.82, 2.24) is 4.98 Å². The van der Waals surface area contributed by atoms with E-state index >= 15 is 0 Å². The van der Waals surface area contributed by atoms with Crippen LogP contribution in [0.25, 0.3) is 0 Å². The smallest absolute Gasteiger partial charge is 0.355 e. The first kappa shape index (κ1) is 19.2. The van der Waals surface area contributed by atoms with Crippen LogP contribution in [0.5, 0.6) is 0 Å². The number of rotatable bonds is 7. The van der Waals surface area contributed by atoms with Gasteiger partial charge in [-0.2, -0.15) is 0 Å². The summed E-state index contributed by atoms with van der Waals surface area (Å²) in [6.45, 7) is 5.11. The average Bonchev–Trinajstić information content (AvgIpc) is 2.93. The summed E-state index contributed by atoms with van der Waals surface area (Å²) in [5.74, 6) is -1.61. The molecule has 1 aromatic heterocycles. The molecule has 7 heteroatoms. The second-order valence-corrected chi connectivity index (χ2v) is 5.48. The van der Waals surface area contributed by atoms with Crippen molar-refractivity contribution in [3.05, 3.63) is 58.4 Å². The van der Waals surface area contributed by atoms with Gasteiger partial charge in [0, 0.05) is 5.69 Å². The van der Waals surface area contributed by atoms with Crippen LogP contribution >= 0.6 is 0 Å². The molecule has 0 aliphatic carbocycles. The Hall–Kier alpha value is -3.09. The van der Waals surface area contributed by atoms with Crippen LogP contribution in [0.2, 0.25) is 0 Å². The minimum atomic E-state index is -0.628. The van der Waals surface area contributed by atoms with Crippen molar-refractivity contribution in [3.8, 4) is 0 Å². The van der Waals surface area contributed by atoms with Gasteiger partial charge in [0.1, 0.15) is 18.9 Å². The van der Waals surface area contributed by atoms with Gasteiger partial charge in [0.25, 0.3) is 0 Å². The third-order valence-electron chi connectivity index (χ3n) is 3.68. The van der Waals surface area contributed by atoms with E-state index < -0.39 is 17.9 Å². The highest BCUT2D eigenvalue weighted by molar-refractivity contribution is 5.98. The number of nitrogens with one attached hydrogen (secondary N) is 1. The average molecular weight is 359 g/mol. The van der Waals surface area contributed by atoms with Gasteiger partial charge >= 0.3 is 17.9 Å². The molecule has 0 aliphatic rings. The van der Waals surface area contributed by atoms with Gasteiger partial charge in [-0.15, -0.1) is 0 Å². The number of aromatic amines is 1. The first-order chi connectivity index (χ1) is 12.5. The van der Waals surface area contributed by atoms with Crippen molar-refractivity contribution >= 4 is 17.9 Å². The number of hydrogen-bond acceptors (Lipinski definition) is 6. The Morgan fingerprint density at radius 3 is 2.12 bits per heavy atom. The molecule has 2 rings (SSSR count). The molecule has 138 valence electrons. The van der Waals surface area contributed by atoms with Gasteiger partial charge in [0.05, 0.1) is 17.7 Å². The highest BCUT2D eigenvalue weighted by atomic mass is 16.6. The van der Waals surface area contributed by atoms with Crippen molar-refractivity contribution < 1.29 is 28.6 Å². The van der Waals surface area contributed by atoms with E-state index in [9.17, 15) is 14.4 Å². The predicted molar refractivity (Wildman–Crippen MR) is 93.2 cm³/mol. The molecule has 0 radical (unpaired) electrons. The molecule has 26 heavy (non-hydrogen) atoms. The Kier molecular flexibility index (Phi) is 6.54. The van der Waals surface area contributed by atoms with Crippen molar-refractivity contribution in [1.29, 1.82) is 0 Å². The number of carbonyl (C=O) groups excluding carboxylic acids is 3. The molecule has 0 unspecified atom stereocenters. The van der Waals surface area contributed by atoms with Crippen LogP contribution in [-0.2, 0) is 14.2 Å². The van der Waals surface area contributed by atoms with Crippen LogP contribution in [0.4, 0.5) is 0 Å². The maximum absolute atomic E-state index is 12.2. The summed E-state index contributed by atoms with van der Waals surface area (Å²) >= 11 is 0. The minimum absolute atomic E-state index is 0.0665. The fraction of sp³-hybridized carbons (Fsp3) is 0.316. The van der Waals surface area contributed by atoms with Crippen LogP contribution in [0, 0.1) is 13.8 Å². The second-order valence-electron chi connectivity index (χ2n) is 5.48. The quantitative estimate of drug-likeness (QED) is 0.464. The van der Waals surface area contributed by atoms with Gasteiger partial charge in [0.15, 0.2) is 0 Å². The highest BCUT2D eigenvalue weighted by Gasteiger charge is 2.23. The molecule has 0 fully saturated rings. The molecule has 7 nitrogen and oxygen atoms in total. The summed E-state index contributed by atoms with van der Waals surface area (Å²) in [5.41, 5.74) is 1.93. The highest BCUT2D eigenvalue weighted by Crippen LogP contribution is 2.19. The summed E-state index contributed by atoms with van der Waals surface area (Å²) in [6.07, 6.45) is 0. The van der Waals surface area contributed by atoms with E-state index in [4.69, 9.17) is 14.2 Å². The number of carbonyl (C=O) groups is 3. The van der Waals surface area contributed by atoms with Gasteiger partial charge < -0.3 is 19.2 Å². The summed E-state index contributed by atoms with van der Waals surface area (Å²) in [4.78, 5) is 38.7. The summed E-state index contributed by atoms with van der Waals surface area (Å²) in [6, 6.07) is 8.53. The Morgan fingerprint density at radius 1 is 0.885 bits per heavy atom. The Balaban J connectivity index is 1.89. The summed E-state index contributed by atoms with van der Waals surface area (Å²) < 4.78 is 15.1. The third-order valence-corrected chi connectivity index (χ3v) is 3.68. The monoisotopic (exact) mass is 359 g/mol. The van der Waals surface area contributed by atoms with E-state index in [1.54, 1.807) is 51.1 Å². The molecular weight excluding hydrogens is 338 g/mol. The van der Waals surface area contributed by atoms with Crippen LogP contribution in [-0.4, -0.2) is 42.7 Å². The van der Waals surface area contributed by atoms with Gasteiger partial charge in [0.2, 0.25) is 0 Å². The molecular formula is C19H21NO6. The zero-order valence-corrected chi connectivity index (χ0v) is 15.0. The largest absolute Gasteiger partial charge is 0.462 e. The number of ether oxygens (including phenoxy) is 3. The molecule has 0 aliphatic heterocycles. The van der Waals surface area contributed by atoms with Crippen LogP contribution in [0.3, 0.4) is 0 Å².